The van der Waals surface area contributed by atoms with Gasteiger partial charge in [0.2, 0.25) is 0 Å². The first-order valence-electron chi connectivity index (χ1n) is 14.7. The Kier molecular flexibility index (Phi) is 12.2. The maximum absolute atomic E-state index is 13.0. The molecule has 0 amide bonds. The number of alkyl halides is 3. The Balaban J connectivity index is 0.00000276. The van der Waals surface area contributed by atoms with Gasteiger partial charge < -0.3 is 19.9 Å². The minimum Gasteiger partial charge on any atom is -0.492 e. The zero-order chi connectivity index (χ0) is 30.8. The molecule has 3 aromatic rings. The van der Waals surface area contributed by atoms with E-state index in [4.69, 9.17) is 9.47 Å². The summed E-state index contributed by atoms with van der Waals surface area (Å²) in [5.74, 6) is 1.27. The van der Waals surface area contributed by atoms with Crippen molar-refractivity contribution in [2.45, 2.75) is 57.5 Å². The molecule has 11 heteroatoms. The van der Waals surface area contributed by atoms with E-state index < -0.39 is 23.8 Å². The van der Waals surface area contributed by atoms with Gasteiger partial charge >= 0.3 is 12.1 Å². The van der Waals surface area contributed by atoms with Crippen LogP contribution >= 0.6 is 24.8 Å². The Morgan fingerprint density at radius 2 is 1.53 bits per heavy atom. The summed E-state index contributed by atoms with van der Waals surface area (Å²) in [5.41, 5.74) is 2.03. The van der Waals surface area contributed by atoms with Gasteiger partial charge in [-0.3, -0.25) is 4.90 Å². The Morgan fingerprint density at radius 3 is 2.11 bits per heavy atom. The van der Waals surface area contributed by atoms with Gasteiger partial charge in [-0.15, -0.1) is 24.8 Å². The highest BCUT2D eigenvalue weighted by molar-refractivity contribution is 5.85. The number of carbonyl (C=O) groups is 1. The van der Waals surface area contributed by atoms with E-state index in [0.29, 0.717) is 42.3 Å². The summed E-state index contributed by atoms with van der Waals surface area (Å²) in [6.45, 7) is 10.0. The van der Waals surface area contributed by atoms with Crippen molar-refractivity contribution in [2.75, 3.05) is 26.2 Å². The zero-order valence-electron chi connectivity index (χ0n) is 25.5. The van der Waals surface area contributed by atoms with Crippen molar-refractivity contribution in [1.29, 1.82) is 0 Å². The molecule has 3 aromatic carbocycles. The summed E-state index contributed by atoms with van der Waals surface area (Å²) in [6.07, 6.45) is -5.09. The molecule has 1 saturated carbocycles. The summed E-state index contributed by atoms with van der Waals surface area (Å²) in [4.78, 5) is 14.2. The van der Waals surface area contributed by atoms with Crippen molar-refractivity contribution >= 4 is 30.8 Å². The minimum atomic E-state index is -4.32. The average Bonchev–Trinajstić information content (AvgIpc) is 3.41. The molecule has 0 spiro atoms. The van der Waals surface area contributed by atoms with Gasteiger partial charge in [0.25, 0.3) is 0 Å². The number of nitrogens with zero attached hydrogens (tertiary/aromatic N) is 1. The van der Waals surface area contributed by atoms with Crippen LogP contribution in [-0.4, -0.2) is 54.4 Å². The largest absolute Gasteiger partial charge is 0.492 e. The fourth-order valence-corrected chi connectivity index (χ4v) is 5.80. The third kappa shape index (κ3) is 9.75. The maximum Gasteiger partial charge on any atom is 0.416 e. The van der Waals surface area contributed by atoms with Crippen LogP contribution in [0.15, 0.2) is 72.8 Å². The van der Waals surface area contributed by atoms with Crippen LogP contribution in [0.5, 0.6) is 11.5 Å². The molecule has 246 valence electrons. The standard InChI is InChI=1S/C34H39F3N2O4.2ClH/c1-33(2,3)24-9-13-27(14-10-24)43-30(32(40)41)18-22-7-11-26(12-8-22)42-16-15-39-20-28-29(21-39)31(28)38-19-23-5-4-6-25(17-23)34(35,36)37;;/h4-14,17,28-31,38H,15-16,18-21H2,1-3H3,(H,40,41);2*1H/t28-,29?,30-,31+;;/m0../s1. The number of piperidine rings is 1. The fraction of sp³-hybridized carbons (Fsp3) is 0.441. The van der Waals surface area contributed by atoms with Crippen LogP contribution in [0.3, 0.4) is 0 Å². The number of nitrogens with one attached hydrogen (secondary N) is 1. The molecule has 1 aliphatic carbocycles. The quantitative estimate of drug-likeness (QED) is 0.216. The smallest absolute Gasteiger partial charge is 0.416 e. The van der Waals surface area contributed by atoms with Crippen LogP contribution in [0, 0.1) is 11.8 Å². The van der Waals surface area contributed by atoms with Gasteiger partial charge in [-0.25, -0.2) is 4.79 Å². The van der Waals surface area contributed by atoms with Crippen molar-refractivity contribution in [3.05, 3.63) is 95.1 Å². The van der Waals surface area contributed by atoms with Crippen LogP contribution in [0.25, 0.3) is 0 Å². The first kappa shape index (κ1) is 36.5. The normalized spacial score (nSPS) is 19.9. The van der Waals surface area contributed by atoms with Crippen molar-refractivity contribution in [2.24, 2.45) is 11.8 Å². The number of benzene rings is 3. The number of carboxylic acid groups (broad SMARTS) is 1. The molecule has 4 atom stereocenters. The lowest BCUT2D eigenvalue weighted by atomic mass is 9.87. The predicted molar refractivity (Wildman–Crippen MR) is 173 cm³/mol. The first-order chi connectivity index (χ1) is 20.4. The Morgan fingerprint density at radius 1 is 0.911 bits per heavy atom. The van der Waals surface area contributed by atoms with E-state index in [1.165, 1.54) is 12.1 Å². The number of hydrogen-bond donors (Lipinski definition) is 2. The van der Waals surface area contributed by atoms with Crippen LogP contribution in [0.1, 0.15) is 43.0 Å². The van der Waals surface area contributed by atoms with Gasteiger partial charge in [-0.1, -0.05) is 63.2 Å². The number of ether oxygens (including phenoxy) is 2. The van der Waals surface area contributed by atoms with Gasteiger partial charge in [-0.2, -0.15) is 13.2 Å². The van der Waals surface area contributed by atoms with Gasteiger partial charge in [0.1, 0.15) is 18.1 Å². The zero-order valence-corrected chi connectivity index (χ0v) is 27.2. The highest BCUT2D eigenvalue weighted by Crippen LogP contribution is 2.45. The summed E-state index contributed by atoms with van der Waals surface area (Å²) in [6, 6.07) is 20.8. The number of aliphatic carboxylic acids is 1. The molecule has 2 fully saturated rings. The number of likely N-dealkylation sites (tertiary alicyclic amines) is 1. The second-order valence-corrected chi connectivity index (χ2v) is 12.6. The van der Waals surface area contributed by atoms with Gasteiger partial charge in [0.15, 0.2) is 6.10 Å². The molecule has 0 aromatic heterocycles. The summed E-state index contributed by atoms with van der Waals surface area (Å²) in [5, 5.41) is 13.1. The Bertz CT molecular complexity index is 1390. The monoisotopic (exact) mass is 668 g/mol. The SMILES string of the molecule is CC(C)(C)c1ccc(O[C@@H](Cc2ccc(OCCN3CC4[C@H](C3)[C@H]4NCc3cccc(C(F)(F)F)c3)cc2)C(=O)O)cc1.Cl.Cl. The van der Waals surface area contributed by atoms with Crippen LogP contribution < -0.4 is 14.8 Å². The molecule has 45 heavy (non-hydrogen) atoms. The highest BCUT2D eigenvalue weighted by Gasteiger charge is 2.55. The van der Waals surface area contributed by atoms with E-state index in [1.54, 1.807) is 6.07 Å². The van der Waals surface area contributed by atoms with Crippen molar-refractivity contribution in [3.8, 4) is 11.5 Å². The molecule has 6 nitrogen and oxygen atoms in total. The molecule has 5 rings (SSSR count). The predicted octanol–water partition coefficient (Wildman–Crippen LogP) is 7.02. The first-order valence-corrected chi connectivity index (χ1v) is 14.7. The molecular weight excluding hydrogens is 628 g/mol. The van der Waals surface area contributed by atoms with Gasteiger partial charge in [0.05, 0.1) is 5.56 Å². The Labute approximate surface area is 275 Å². The van der Waals surface area contributed by atoms with Gasteiger partial charge in [0, 0.05) is 38.6 Å². The molecule has 2 aliphatic rings. The lowest BCUT2D eigenvalue weighted by Crippen LogP contribution is -2.33. The second-order valence-electron chi connectivity index (χ2n) is 12.6. The average molecular weight is 670 g/mol. The number of halogens is 5. The molecule has 1 unspecified atom stereocenters. The molecule has 0 radical (unpaired) electrons. The fourth-order valence-electron chi connectivity index (χ4n) is 5.80. The van der Waals surface area contributed by atoms with Crippen LogP contribution in [0.2, 0.25) is 0 Å². The summed E-state index contributed by atoms with van der Waals surface area (Å²) in [7, 11) is 0. The number of hydrogen-bond acceptors (Lipinski definition) is 5. The van der Waals surface area contributed by atoms with E-state index in [2.05, 4.69) is 31.0 Å². The van der Waals surface area contributed by atoms with Gasteiger partial charge in [-0.05, 0) is 64.3 Å². The summed E-state index contributed by atoms with van der Waals surface area (Å²) < 4.78 is 50.6. The summed E-state index contributed by atoms with van der Waals surface area (Å²) >= 11 is 0. The number of fused-ring (bicyclic) bond motifs is 1. The highest BCUT2D eigenvalue weighted by atomic mass is 35.5. The van der Waals surface area contributed by atoms with Crippen LogP contribution in [0.4, 0.5) is 13.2 Å². The molecule has 0 bridgehead atoms. The van der Waals surface area contributed by atoms with E-state index in [1.807, 2.05) is 48.5 Å². The third-order valence-corrected chi connectivity index (χ3v) is 8.36. The molecule has 1 saturated heterocycles. The topological polar surface area (TPSA) is 71.0 Å². The third-order valence-electron chi connectivity index (χ3n) is 8.36. The van der Waals surface area contributed by atoms with Crippen molar-refractivity contribution < 1.29 is 32.5 Å². The molecule has 2 N–H and O–H groups in total. The minimum absolute atomic E-state index is 0. The van der Waals surface area contributed by atoms with E-state index >= 15 is 0 Å². The Hall–Kier alpha value is -2.98. The van der Waals surface area contributed by atoms with E-state index in [9.17, 15) is 23.1 Å². The van der Waals surface area contributed by atoms with E-state index in [-0.39, 0.29) is 36.6 Å². The lowest BCUT2D eigenvalue weighted by molar-refractivity contribution is -0.145. The number of carboxylic acids is 1. The van der Waals surface area contributed by atoms with E-state index in [0.717, 1.165) is 42.6 Å². The molecular formula is C34H41Cl2F3N2O4. The van der Waals surface area contributed by atoms with Crippen LogP contribution in [-0.2, 0) is 29.4 Å². The maximum atomic E-state index is 13.0. The van der Waals surface area contributed by atoms with Crippen molar-refractivity contribution in [1.82, 2.24) is 10.2 Å². The molecule has 1 aliphatic heterocycles. The molecule has 1 heterocycles. The van der Waals surface area contributed by atoms with Crippen molar-refractivity contribution in [3.63, 3.8) is 0 Å². The number of rotatable bonds is 12. The second kappa shape index (κ2) is 15.1. The lowest BCUT2D eigenvalue weighted by Gasteiger charge is -2.20.